The zero-order valence-corrected chi connectivity index (χ0v) is 31.1. The van der Waals surface area contributed by atoms with Gasteiger partial charge in [-0.2, -0.15) is 4.98 Å². The summed E-state index contributed by atoms with van der Waals surface area (Å²) in [7, 11) is -1.39. The first-order valence-electron chi connectivity index (χ1n) is 17.3. The molecule has 5 rings (SSSR count). The van der Waals surface area contributed by atoms with E-state index < -0.39 is 47.8 Å². The topological polar surface area (TPSA) is 87.9 Å². The number of carbonyl (C=O) groups is 1. The number of morpholine rings is 1. The molecular formula is C36H51F3N4O5Si. The maximum Gasteiger partial charge on any atom is 0.312 e. The lowest BCUT2D eigenvalue weighted by molar-refractivity contribution is -0.170. The lowest BCUT2D eigenvalue weighted by Crippen LogP contribution is -2.41. The molecule has 3 aromatic rings. The normalized spacial score (nSPS) is 19.4. The number of benzene rings is 1. The molecule has 1 saturated heterocycles. The Morgan fingerprint density at radius 1 is 0.939 bits per heavy atom. The first kappa shape index (κ1) is 37.1. The highest BCUT2D eigenvalue weighted by molar-refractivity contribution is 6.76. The fourth-order valence-corrected chi connectivity index (χ4v) is 7.09. The van der Waals surface area contributed by atoms with E-state index in [9.17, 15) is 4.79 Å². The average Bonchev–Trinajstić information content (AvgIpc) is 3.33. The summed E-state index contributed by atoms with van der Waals surface area (Å²) in [6.07, 6.45) is 2.64. The largest absolute Gasteiger partial charge is 0.461 e. The highest BCUT2D eigenvalue weighted by Crippen LogP contribution is 2.41. The van der Waals surface area contributed by atoms with Gasteiger partial charge in [-0.15, -0.1) is 0 Å². The summed E-state index contributed by atoms with van der Waals surface area (Å²) < 4.78 is 71.9. The van der Waals surface area contributed by atoms with Gasteiger partial charge in [-0.1, -0.05) is 19.6 Å². The fourth-order valence-electron chi connectivity index (χ4n) is 6.34. The standard InChI is InChI=1S/C36H51F3N4O5Si/c1-35(2,3)48-33(44)36(4,5)23-9-11-25(12-10-23)47-34-40-29-21-28(39)31(41-32(29)43(34)22-46-17-18-49(6,7)8)30-26(37)19-24(20-27(30)38)42-13-15-45-16-14-42/h19-21,23,25H,9-18,22H2,1-8H3. The smallest absolute Gasteiger partial charge is 0.312 e. The van der Waals surface area contributed by atoms with Crippen LogP contribution in [0.3, 0.4) is 0 Å². The number of nitrogens with zero attached hydrogens (tertiary/aromatic N) is 4. The Balaban J connectivity index is 1.41. The van der Waals surface area contributed by atoms with E-state index in [1.54, 1.807) is 4.57 Å². The second-order valence-corrected chi connectivity index (χ2v) is 21.7. The number of pyridine rings is 1. The summed E-state index contributed by atoms with van der Waals surface area (Å²) in [6.45, 7) is 18.7. The molecule has 0 bridgehead atoms. The van der Waals surface area contributed by atoms with Gasteiger partial charge in [0.25, 0.3) is 0 Å². The van der Waals surface area contributed by atoms with Crippen LogP contribution in [0.4, 0.5) is 18.9 Å². The van der Waals surface area contributed by atoms with E-state index in [4.69, 9.17) is 18.9 Å². The molecule has 1 aliphatic heterocycles. The van der Waals surface area contributed by atoms with Crippen LogP contribution in [-0.4, -0.2) is 73.2 Å². The third-order valence-electron chi connectivity index (χ3n) is 9.39. The monoisotopic (exact) mass is 704 g/mol. The van der Waals surface area contributed by atoms with Crippen LogP contribution in [0.25, 0.3) is 22.4 Å². The van der Waals surface area contributed by atoms with E-state index in [-0.39, 0.29) is 41.9 Å². The second-order valence-electron chi connectivity index (χ2n) is 16.0. The average molecular weight is 705 g/mol. The van der Waals surface area contributed by atoms with Gasteiger partial charge in [0.05, 0.1) is 24.2 Å². The Labute approximate surface area is 288 Å². The van der Waals surface area contributed by atoms with E-state index in [0.29, 0.717) is 51.4 Å². The van der Waals surface area contributed by atoms with Gasteiger partial charge in [0, 0.05) is 39.5 Å². The van der Waals surface area contributed by atoms with Gasteiger partial charge in [-0.3, -0.25) is 9.36 Å². The SMILES string of the molecule is CC(C)(C)OC(=O)C(C)(C)C1CCC(Oc2nc3cc(F)c(-c4c(F)cc(N5CCOCC5)cc4F)nc3n2COCC[Si](C)(C)C)CC1. The molecule has 1 aliphatic carbocycles. The van der Waals surface area contributed by atoms with Gasteiger partial charge >= 0.3 is 12.0 Å². The molecular weight excluding hydrogens is 653 g/mol. The zero-order valence-electron chi connectivity index (χ0n) is 30.1. The predicted octanol–water partition coefficient (Wildman–Crippen LogP) is 7.97. The second kappa shape index (κ2) is 14.6. The molecule has 0 amide bonds. The highest BCUT2D eigenvalue weighted by atomic mass is 28.3. The number of rotatable bonds is 11. The zero-order chi connectivity index (χ0) is 35.7. The number of anilines is 1. The molecule has 0 unspecified atom stereocenters. The Morgan fingerprint density at radius 2 is 1.57 bits per heavy atom. The van der Waals surface area contributed by atoms with Crippen molar-refractivity contribution in [3.8, 4) is 17.3 Å². The third kappa shape index (κ3) is 8.96. The quantitative estimate of drug-likeness (QED) is 0.113. The number of ether oxygens (including phenoxy) is 4. The minimum atomic E-state index is -1.39. The van der Waals surface area contributed by atoms with Crippen molar-refractivity contribution in [2.24, 2.45) is 11.3 Å². The summed E-state index contributed by atoms with van der Waals surface area (Å²) in [5.41, 5.74) is -1.46. The number of fused-ring (bicyclic) bond motifs is 1. The van der Waals surface area contributed by atoms with Crippen molar-refractivity contribution in [1.29, 1.82) is 0 Å². The highest BCUT2D eigenvalue weighted by Gasteiger charge is 2.42. The molecule has 270 valence electrons. The van der Waals surface area contributed by atoms with Crippen molar-refractivity contribution in [1.82, 2.24) is 14.5 Å². The molecule has 2 fully saturated rings. The molecule has 1 saturated carbocycles. The lowest BCUT2D eigenvalue weighted by Gasteiger charge is -2.38. The van der Waals surface area contributed by atoms with Gasteiger partial charge < -0.3 is 23.8 Å². The first-order valence-corrected chi connectivity index (χ1v) is 21.0. The van der Waals surface area contributed by atoms with E-state index in [2.05, 4.69) is 29.6 Å². The van der Waals surface area contributed by atoms with Gasteiger partial charge in [-0.25, -0.2) is 18.2 Å². The molecule has 0 spiro atoms. The number of halogens is 3. The molecule has 2 aromatic heterocycles. The minimum Gasteiger partial charge on any atom is -0.461 e. The van der Waals surface area contributed by atoms with E-state index in [1.165, 1.54) is 12.1 Å². The van der Waals surface area contributed by atoms with Crippen molar-refractivity contribution < 1.29 is 36.9 Å². The van der Waals surface area contributed by atoms with Crippen LogP contribution in [0.2, 0.25) is 25.7 Å². The summed E-state index contributed by atoms with van der Waals surface area (Å²) in [5, 5.41) is 0. The lowest BCUT2D eigenvalue weighted by atomic mass is 9.70. The Kier molecular flexibility index (Phi) is 11.1. The van der Waals surface area contributed by atoms with Crippen molar-refractivity contribution in [3.63, 3.8) is 0 Å². The Bertz CT molecular complexity index is 1610. The molecule has 3 heterocycles. The summed E-state index contributed by atoms with van der Waals surface area (Å²) in [4.78, 5) is 23.9. The van der Waals surface area contributed by atoms with Crippen molar-refractivity contribution in [2.45, 2.75) is 104 Å². The van der Waals surface area contributed by atoms with E-state index in [1.807, 2.05) is 39.5 Å². The molecule has 0 radical (unpaired) electrons. The molecule has 49 heavy (non-hydrogen) atoms. The van der Waals surface area contributed by atoms with Crippen molar-refractivity contribution >= 4 is 30.9 Å². The van der Waals surface area contributed by atoms with Crippen LogP contribution in [-0.2, 0) is 25.7 Å². The summed E-state index contributed by atoms with van der Waals surface area (Å²) in [6, 6.07) is 4.68. The van der Waals surface area contributed by atoms with E-state index in [0.717, 1.165) is 25.0 Å². The molecule has 9 nitrogen and oxygen atoms in total. The van der Waals surface area contributed by atoms with Crippen LogP contribution in [0.1, 0.15) is 60.3 Å². The number of hydrogen-bond donors (Lipinski definition) is 0. The Morgan fingerprint density at radius 3 is 2.16 bits per heavy atom. The number of esters is 1. The third-order valence-corrected chi connectivity index (χ3v) is 11.1. The number of carbonyl (C=O) groups excluding carboxylic acids is 1. The van der Waals surface area contributed by atoms with Crippen LogP contribution in [0.15, 0.2) is 18.2 Å². The maximum atomic E-state index is 15.6. The molecule has 13 heteroatoms. The molecule has 0 N–H and O–H groups in total. The number of imidazole rings is 1. The minimum absolute atomic E-state index is 0.0241. The van der Waals surface area contributed by atoms with Crippen molar-refractivity contribution in [3.05, 3.63) is 35.7 Å². The predicted molar refractivity (Wildman–Crippen MR) is 186 cm³/mol. The van der Waals surface area contributed by atoms with Crippen LogP contribution >= 0.6 is 0 Å². The van der Waals surface area contributed by atoms with Crippen molar-refractivity contribution in [2.75, 3.05) is 37.8 Å². The van der Waals surface area contributed by atoms with Crippen LogP contribution < -0.4 is 9.64 Å². The van der Waals surface area contributed by atoms with Gasteiger partial charge in [0.1, 0.15) is 41.3 Å². The van der Waals surface area contributed by atoms with Gasteiger partial charge in [0.2, 0.25) is 0 Å². The summed E-state index contributed by atoms with van der Waals surface area (Å²) >= 11 is 0. The molecule has 1 aromatic carbocycles. The molecule has 2 aliphatic rings. The maximum absolute atomic E-state index is 15.6. The number of hydrogen-bond acceptors (Lipinski definition) is 8. The van der Waals surface area contributed by atoms with Gasteiger partial charge in [-0.05, 0) is 84.4 Å². The molecule has 0 atom stereocenters. The fraction of sp³-hybridized carbons (Fsp3) is 0.639. The van der Waals surface area contributed by atoms with Gasteiger partial charge in [0.15, 0.2) is 11.5 Å². The number of aromatic nitrogens is 3. The summed E-state index contributed by atoms with van der Waals surface area (Å²) in [5.74, 6) is -2.82. The Hall–Kier alpha value is -3.16. The van der Waals surface area contributed by atoms with Crippen LogP contribution in [0.5, 0.6) is 6.01 Å². The van der Waals surface area contributed by atoms with Crippen LogP contribution in [0, 0.1) is 28.8 Å². The first-order chi connectivity index (χ1) is 22.9. The van der Waals surface area contributed by atoms with E-state index >= 15 is 13.2 Å².